The number of anilines is 1. The second-order valence-corrected chi connectivity index (χ2v) is 6.78. The quantitative estimate of drug-likeness (QED) is 0.545. The Kier molecular flexibility index (Phi) is 4.16. The van der Waals surface area contributed by atoms with Crippen molar-refractivity contribution in [3.05, 3.63) is 22.7 Å². The molecule has 1 aliphatic heterocycles. The van der Waals surface area contributed by atoms with Gasteiger partial charge in [0.05, 0.1) is 5.69 Å². The summed E-state index contributed by atoms with van der Waals surface area (Å²) in [6, 6.07) is 2.48. The summed E-state index contributed by atoms with van der Waals surface area (Å²) in [6.45, 7) is 2.05. The number of benzene rings is 1. The Hall–Kier alpha value is -1.35. The third-order valence-electron chi connectivity index (χ3n) is 3.22. The van der Waals surface area contributed by atoms with Crippen molar-refractivity contribution >= 4 is 33.4 Å². The summed E-state index contributed by atoms with van der Waals surface area (Å²) in [4.78, 5) is 11.4. The Morgan fingerprint density at radius 3 is 2.76 bits per heavy atom. The van der Waals surface area contributed by atoms with Gasteiger partial charge in [-0.3, -0.25) is 5.32 Å². The lowest BCUT2D eigenvalue weighted by atomic mass is 10.2. The Bertz CT molecular complexity index is 683. The van der Waals surface area contributed by atoms with Crippen molar-refractivity contribution in [2.24, 2.45) is 0 Å². The van der Waals surface area contributed by atoms with Gasteiger partial charge in [0.15, 0.2) is 0 Å². The number of rotatable bonds is 3. The van der Waals surface area contributed by atoms with Gasteiger partial charge in [-0.1, -0.05) is 11.6 Å². The smallest absolute Gasteiger partial charge is 0.369 e. The van der Waals surface area contributed by atoms with Crippen LogP contribution < -0.4 is 11.1 Å². The van der Waals surface area contributed by atoms with Crippen molar-refractivity contribution in [1.82, 2.24) is 5.32 Å². The molecule has 1 heterocycles. The number of halogens is 1. The summed E-state index contributed by atoms with van der Waals surface area (Å²) in [7, 11) is -4.46. The maximum atomic E-state index is 12.1. The highest BCUT2D eigenvalue weighted by Crippen LogP contribution is 2.29. The third kappa shape index (κ3) is 3.13. The van der Waals surface area contributed by atoms with E-state index in [1.165, 1.54) is 6.07 Å². The van der Waals surface area contributed by atoms with Crippen LogP contribution in [0, 0.1) is 6.92 Å². The van der Waals surface area contributed by atoms with Crippen LogP contribution in [0.2, 0.25) is 5.02 Å². The maximum absolute atomic E-state index is 12.1. The van der Waals surface area contributed by atoms with Crippen LogP contribution in [0.5, 0.6) is 0 Å². The second kappa shape index (κ2) is 5.45. The third-order valence-corrected chi connectivity index (χ3v) is 4.89. The maximum Gasteiger partial charge on any atom is 0.369 e. The second-order valence-electron chi connectivity index (χ2n) is 4.85. The number of nitrogens with one attached hydrogen (secondary N) is 1. The van der Waals surface area contributed by atoms with Crippen molar-refractivity contribution in [1.29, 1.82) is 0 Å². The molecule has 0 radical (unpaired) electrons. The van der Waals surface area contributed by atoms with Crippen molar-refractivity contribution in [3.63, 3.8) is 0 Å². The lowest BCUT2D eigenvalue weighted by Gasteiger charge is -2.20. The Labute approximate surface area is 127 Å². The minimum absolute atomic E-state index is 0.0749. The monoisotopic (exact) mass is 334 g/mol. The van der Waals surface area contributed by atoms with Gasteiger partial charge in [0.25, 0.3) is 0 Å². The highest BCUT2D eigenvalue weighted by Gasteiger charge is 2.43. The first kappa shape index (κ1) is 16.0. The number of carbonyl (C=O) groups excluding carboxylic acids is 1. The standard InChI is InChI=1S/C12H15ClN2O5S/c1-7-5-9(14)10(6-8(7)13)21(18,19)20-11(16)12(17)3-2-4-15-12/h5-6,15,17H,2-4,14H2,1H3/t12-/m1/s1. The highest BCUT2D eigenvalue weighted by molar-refractivity contribution is 7.87. The molecule has 1 atom stereocenters. The van der Waals surface area contributed by atoms with Gasteiger partial charge in [0.1, 0.15) is 4.90 Å². The van der Waals surface area contributed by atoms with Crippen LogP contribution in [0.1, 0.15) is 18.4 Å². The van der Waals surface area contributed by atoms with Crippen LogP contribution >= 0.6 is 11.6 Å². The van der Waals surface area contributed by atoms with Gasteiger partial charge in [-0.05, 0) is 37.6 Å². The number of hydrogen-bond acceptors (Lipinski definition) is 7. The van der Waals surface area contributed by atoms with Gasteiger partial charge in [0.2, 0.25) is 5.72 Å². The summed E-state index contributed by atoms with van der Waals surface area (Å²) in [5, 5.41) is 12.6. The largest absolute Gasteiger partial charge is 0.398 e. The SMILES string of the molecule is Cc1cc(N)c(S(=O)(=O)OC(=O)[C@]2(O)CCCN2)cc1Cl. The van der Waals surface area contributed by atoms with Gasteiger partial charge in [-0.2, -0.15) is 8.42 Å². The first-order valence-electron chi connectivity index (χ1n) is 6.18. The van der Waals surface area contributed by atoms with Crippen LogP contribution in [-0.4, -0.2) is 31.8 Å². The van der Waals surface area contributed by atoms with Crippen LogP contribution in [-0.2, 0) is 19.1 Å². The molecule has 116 valence electrons. The summed E-state index contributed by atoms with van der Waals surface area (Å²) >= 11 is 5.86. The average Bonchev–Trinajstić information content (AvgIpc) is 2.81. The van der Waals surface area contributed by atoms with E-state index in [-0.39, 0.29) is 17.1 Å². The van der Waals surface area contributed by atoms with Crippen LogP contribution in [0.25, 0.3) is 0 Å². The van der Waals surface area contributed by atoms with Crippen LogP contribution in [0.3, 0.4) is 0 Å². The lowest BCUT2D eigenvalue weighted by Crippen LogP contribution is -2.49. The average molecular weight is 335 g/mol. The van der Waals surface area contributed by atoms with Crippen LogP contribution in [0.15, 0.2) is 17.0 Å². The van der Waals surface area contributed by atoms with Gasteiger partial charge in [-0.15, -0.1) is 0 Å². The zero-order valence-corrected chi connectivity index (χ0v) is 12.8. The van der Waals surface area contributed by atoms with Crippen molar-refractivity contribution in [2.45, 2.75) is 30.4 Å². The Morgan fingerprint density at radius 1 is 1.52 bits per heavy atom. The Balaban J connectivity index is 2.31. The molecular weight excluding hydrogens is 320 g/mol. The predicted octanol–water partition coefficient (Wildman–Crippen LogP) is 0.535. The van der Waals surface area contributed by atoms with Gasteiger partial charge < -0.3 is 15.0 Å². The van der Waals surface area contributed by atoms with E-state index >= 15 is 0 Å². The van der Waals surface area contributed by atoms with E-state index in [0.29, 0.717) is 18.5 Å². The molecule has 1 saturated heterocycles. The minimum Gasteiger partial charge on any atom is -0.398 e. The minimum atomic E-state index is -4.46. The molecule has 9 heteroatoms. The number of carbonyl (C=O) groups is 1. The van der Waals surface area contributed by atoms with E-state index in [1.54, 1.807) is 6.92 Å². The van der Waals surface area contributed by atoms with Crippen molar-refractivity contribution in [3.8, 4) is 0 Å². The molecule has 0 unspecified atom stereocenters. The number of aliphatic hydroxyl groups is 1. The van der Waals surface area contributed by atoms with Gasteiger partial charge in [-0.25, -0.2) is 4.79 Å². The van der Waals surface area contributed by atoms with Gasteiger partial charge >= 0.3 is 16.1 Å². The molecule has 1 aliphatic rings. The molecule has 0 saturated carbocycles. The molecule has 1 aromatic rings. The Morgan fingerprint density at radius 2 is 2.19 bits per heavy atom. The zero-order valence-electron chi connectivity index (χ0n) is 11.2. The molecule has 21 heavy (non-hydrogen) atoms. The molecule has 0 aliphatic carbocycles. The van der Waals surface area contributed by atoms with Crippen molar-refractivity contribution < 1.29 is 22.5 Å². The highest BCUT2D eigenvalue weighted by atomic mass is 35.5. The molecule has 0 bridgehead atoms. The fourth-order valence-corrected chi connectivity index (χ4v) is 3.28. The summed E-state index contributed by atoms with van der Waals surface area (Å²) in [6.07, 6.45) is 0.607. The molecule has 0 spiro atoms. The number of hydrogen-bond donors (Lipinski definition) is 3. The molecule has 1 fully saturated rings. The first-order valence-corrected chi connectivity index (χ1v) is 7.96. The predicted molar refractivity (Wildman–Crippen MR) is 76.1 cm³/mol. The number of aryl methyl sites for hydroxylation is 1. The fraction of sp³-hybridized carbons (Fsp3) is 0.417. The van der Waals surface area contributed by atoms with E-state index in [0.717, 1.165) is 6.07 Å². The number of nitrogens with two attached hydrogens (primary N) is 1. The van der Waals surface area contributed by atoms with E-state index in [4.69, 9.17) is 17.3 Å². The normalized spacial score (nSPS) is 22.2. The van der Waals surface area contributed by atoms with E-state index in [1.807, 2.05) is 0 Å². The zero-order chi connectivity index (χ0) is 15.8. The van der Waals surface area contributed by atoms with E-state index in [9.17, 15) is 18.3 Å². The summed E-state index contributed by atoms with van der Waals surface area (Å²) < 4.78 is 28.7. The van der Waals surface area contributed by atoms with E-state index in [2.05, 4.69) is 9.50 Å². The molecule has 0 amide bonds. The van der Waals surface area contributed by atoms with Crippen molar-refractivity contribution in [2.75, 3.05) is 12.3 Å². The molecule has 2 rings (SSSR count). The molecular formula is C12H15ClN2O5S. The summed E-state index contributed by atoms with van der Waals surface area (Å²) in [5.74, 6) is -1.28. The number of nitrogen functional groups attached to an aromatic ring is 1. The molecule has 7 nitrogen and oxygen atoms in total. The van der Waals surface area contributed by atoms with Crippen LogP contribution in [0.4, 0.5) is 5.69 Å². The molecule has 0 aromatic heterocycles. The molecule has 1 aromatic carbocycles. The summed E-state index contributed by atoms with van der Waals surface area (Å²) in [5.41, 5.74) is 4.15. The lowest BCUT2D eigenvalue weighted by molar-refractivity contribution is -0.156. The first-order chi connectivity index (χ1) is 9.66. The fourth-order valence-electron chi connectivity index (χ4n) is 2.02. The topological polar surface area (TPSA) is 119 Å². The molecule has 4 N–H and O–H groups in total. The van der Waals surface area contributed by atoms with E-state index < -0.39 is 26.7 Å². The van der Waals surface area contributed by atoms with Gasteiger partial charge in [0, 0.05) is 11.4 Å².